The van der Waals surface area contributed by atoms with Gasteiger partial charge in [-0.1, -0.05) is 48.5 Å². The number of rotatable bonds is 6. The highest BCUT2D eigenvalue weighted by Crippen LogP contribution is 2.24. The van der Waals surface area contributed by atoms with E-state index in [-0.39, 0.29) is 18.9 Å². The van der Waals surface area contributed by atoms with Crippen LogP contribution in [0.3, 0.4) is 0 Å². The summed E-state index contributed by atoms with van der Waals surface area (Å²) in [6.07, 6.45) is 1.48. The topological polar surface area (TPSA) is 75.7 Å². The largest absolute Gasteiger partial charge is 0.455 e. The third kappa shape index (κ3) is 4.49. The van der Waals surface area contributed by atoms with Crippen molar-refractivity contribution in [1.29, 1.82) is 0 Å². The lowest BCUT2D eigenvalue weighted by Gasteiger charge is -2.16. The Balaban J connectivity index is 1.32. The average molecular weight is 402 g/mol. The van der Waals surface area contributed by atoms with Crippen molar-refractivity contribution >= 4 is 39.9 Å². The zero-order valence-corrected chi connectivity index (χ0v) is 16.5. The molecule has 0 radical (unpaired) electrons. The van der Waals surface area contributed by atoms with Gasteiger partial charge in [0, 0.05) is 24.3 Å². The zero-order chi connectivity index (χ0) is 20.9. The van der Waals surface area contributed by atoms with Crippen molar-refractivity contribution in [2.45, 2.75) is 19.3 Å². The molecule has 1 aliphatic rings. The summed E-state index contributed by atoms with van der Waals surface area (Å²) in [4.78, 5) is 38.0. The van der Waals surface area contributed by atoms with Crippen LogP contribution in [0.5, 0.6) is 0 Å². The molecule has 30 heavy (non-hydrogen) atoms. The first-order chi connectivity index (χ1) is 14.6. The van der Waals surface area contributed by atoms with Gasteiger partial charge in [-0.05, 0) is 41.0 Å². The predicted octanol–water partition coefficient (Wildman–Crippen LogP) is 3.69. The van der Waals surface area contributed by atoms with Crippen molar-refractivity contribution in [3.63, 3.8) is 0 Å². The molecule has 0 unspecified atom stereocenters. The Bertz CT molecular complexity index is 1100. The lowest BCUT2D eigenvalue weighted by Crippen LogP contribution is -2.24. The Hall–Kier alpha value is -3.67. The molecule has 0 aromatic heterocycles. The molecular weight excluding hydrogens is 380 g/mol. The molecule has 1 aliphatic heterocycles. The highest BCUT2D eigenvalue weighted by atomic mass is 16.5. The summed E-state index contributed by atoms with van der Waals surface area (Å²) in [7, 11) is 0. The van der Waals surface area contributed by atoms with Gasteiger partial charge in [-0.3, -0.25) is 14.4 Å². The molecule has 2 amide bonds. The van der Waals surface area contributed by atoms with Gasteiger partial charge in [-0.15, -0.1) is 0 Å². The van der Waals surface area contributed by atoms with Crippen LogP contribution >= 0.6 is 0 Å². The summed E-state index contributed by atoms with van der Waals surface area (Å²) in [5.41, 5.74) is 2.17. The smallest absolute Gasteiger partial charge is 0.310 e. The first-order valence-corrected chi connectivity index (χ1v) is 9.93. The van der Waals surface area contributed by atoms with Crippen molar-refractivity contribution in [2.75, 3.05) is 23.4 Å². The molecule has 1 heterocycles. The van der Waals surface area contributed by atoms with Crippen LogP contribution in [0.4, 0.5) is 11.4 Å². The molecular formula is C24H22N2O4. The fourth-order valence-electron chi connectivity index (χ4n) is 3.67. The maximum Gasteiger partial charge on any atom is 0.310 e. The molecule has 4 rings (SSSR count). The minimum atomic E-state index is -0.460. The number of benzene rings is 3. The van der Waals surface area contributed by atoms with Gasteiger partial charge in [0.15, 0.2) is 6.61 Å². The summed E-state index contributed by atoms with van der Waals surface area (Å²) < 4.78 is 5.16. The zero-order valence-electron chi connectivity index (χ0n) is 16.5. The van der Waals surface area contributed by atoms with E-state index in [2.05, 4.69) is 5.32 Å². The number of nitrogens with zero attached hydrogens (tertiary/aromatic N) is 1. The van der Waals surface area contributed by atoms with Crippen molar-refractivity contribution in [3.8, 4) is 0 Å². The van der Waals surface area contributed by atoms with E-state index in [1.165, 1.54) is 0 Å². The highest BCUT2D eigenvalue weighted by Gasteiger charge is 2.21. The van der Waals surface area contributed by atoms with Crippen LogP contribution in [0.15, 0.2) is 66.7 Å². The van der Waals surface area contributed by atoms with Gasteiger partial charge < -0.3 is 15.0 Å². The first kappa shape index (κ1) is 19.6. The lowest BCUT2D eigenvalue weighted by molar-refractivity contribution is -0.146. The van der Waals surface area contributed by atoms with Gasteiger partial charge in [-0.25, -0.2) is 0 Å². The summed E-state index contributed by atoms with van der Waals surface area (Å²) in [5, 5.41) is 4.76. The van der Waals surface area contributed by atoms with Gasteiger partial charge in [0.1, 0.15) is 0 Å². The predicted molar refractivity (Wildman–Crippen MR) is 115 cm³/mol. The van der Waals surface area contributed by atoms with Crippen LogP contribution in [0, 0.1) is 0 Å². The van der Waals surface area contributed by atoms with Crippen molar-refractivity contribution < 1.29 is 19.1 Å². The molecule has 1 N–H and O–H groups in total. The van der Waals surface area contributed by atoms with Crippen LogP contribution in [-0.2, 0) is 25.5 Å². The quantitative estimate of drug-likeness (QED) is 0.638. The van der Waals surface area contributed by atoms with Gasteiger partial charge in [0.2, 0.25) is 5.91 Å². The van der Waals surface area contributed by atoms with Gasteiger partial charge in [0.25, 0.3) is 5.91 Å². The maximum atomic E-state index is 12.2. The molecule has 6 heteroatoms. The fraction of sp³-hybridized carbons (Fsp3) is 0.208. The normalized spacial score (nSPS) is 13.5. The number of amides is 2. The molecule has 1 saturated heterocycles. The number of nitrogens with one attached hydrogen (secondary N) is 1. The van der Waals surface area contributed by atoms with Gasteiger partial charge >= 0.3 is 5.97 Å². The van der Waals surface area contributed by atoms with E-state index >= 15 is 0 Å². The number of esters is 1. The fourth-order valence-corrected chi connectivity index (χ4v) is 3.67. The van der Waals surface area contributed by atoms with Gasteiger partial charge in [-0.2, -0.15) is 0 Å². The second kappa shape index (κ2) is 8.78. The second-order valence-corrected chi connectivity index (χ2v) is 7.22. The minimum Gasteiger partial charge on any atom is -0.455 e. The number of carbonyl (C=O) groups is 3. The molecule has 152 valence electrons. The maximum absolute atomic E-state index is 12.2. The van der Waals surface area contributed by atoms with Crippen LogP contribution in [0.1, 0.15) is 18.4 Å². The third-order valence-corrected chi connectivity index (χ3v) is 5.09. The van der Waals surface area contributed by atoms with E-state index in [9.17, 15) is 14.4 Å². The third-order valence-electron chi connectivity index (χ3n) is 5.09. The van der Waals surface area contributed by atoms with Crippen LogP contribution in [0.25, 0.3) is 10.8 Å². The number of fused-ring (bicyclic) bond motifs is 1. The van der Waals surface area contributed by atoms with Crippen LogP contribution < -0.4 is 10.2 Å². The molecule has 6 nitrogen and oxygen atoms in total. The van der Waals surface area contributed by atoms with E-state index in [4.69, 9.17) is 4.74 Å². The molecule has 0 bridgehead atoms. The Morgan fingerprint density at radius 1 is 1.00 bits per heavy atom. The Kier molecular flexibility index (Phi) is 5.75. The lowest BCUT2D eigenvalue weighted by atomic mass is 10.0. The summed E-state index contributed by atoms with van der Waals surface area (Å²) >= 11 is 0. The molecule has 0 atom stereocenters. The van der Waals surface area contributed by atoms with Crippen LogP contribution in [-0.4, -0.2) is 30.9 Å². The highest BCUT2D eigenvalue weighted by molar-refractivity contribution is 5.97. The van der Waals surface area contributed by atoms with Crippen molar-refractivity contribution in [3.05, 3.63) is 72.3 Å². The van der Waals surface area contributed by atoms with E-state index in [0.29, 0.717) is 18.7 Å². The Morgan fingerprint density at radius 2 is 1.80 bits per heavy atom. The molecule has 1 fully saturated rings. The average Bonchev–Trinajstić information content (AvgIpc) is 3.19. The molecule has 0 spiro atoms. The van der Waals surface area contributed by atoms with Crippen LogP contribution in [0.2, 0.25) is 0 Å². The molecule has 3 aromatic rings. The monoisotopic (exact) mass is 402 g/mol. The SMILES string of the molecule is O=C(COC(=O)Cc1cccc2ccccc12)Nc1cccc(N2CCCC2=O)c1. The molecule has 0 aliphatic carbocycles. The summed E-state index contributed by atoms with van der Waals surface area (Å²) in [5.74, 6) is -0.801. The van der Waals surface area contributed by atoms with E-state index < -0.39 is 11.9 Å². The van der Waals surface area contributed by atoms with E-state index in [1.54, 1.807) is 23.1 Å². The minimum absolute atomic E-state index is 0.0841. The number of carbonyl (C=O) groups excluding carboxylic acids is 3. The second-order valence-electron chi connectivity index (χ2n) is 7.22. The number of ether oxygens (including phenoxy) is 1. The van der Waals surface area contributed by atoms with Crippen molar-refractivity contribution in [1.82, 2.24) is 0 Å². The molecule has 0 saturated carbocycles. The number of hydrogen-bond acceptors (Lipinski definition) is 4. The number of anilines is 2. The van der Waals surface area contributed by atoms with E-state index in [1.807, 2.05) is 48.5 Å². The Labute approximate surface area is 174 Å². The summed E-state index contributed by atoms with van der Waals surface area (Å²) in [6.45, 7) is 0.318. The standard InChI is InChI=1S/C24H22N2O4/c27-22(25-19-9-4-10-20(15-19)26-13-5-12-23(26)28)16-30-24(29)14-18-8-3-7-17-6-1-2-11-21(17)18/h1-4,6-11,15H,5,12-14,16H2,(H,25,27). The first-order valence-electron chi connectivity index (χ1n) is 9.93. The van der Waals surface area contributed by atoms with E-state index in [0.717, 1.165) is 28.4 Å². The summed E-state index contributed by atoms with van der Waals surface area (Å²) in [6, 6.07) is 20.7. The molecule has 3 aromatic carbocycles. The van der Waals surface area contributed by atoms with Crippen molar-refractivity contribution in [2.24, 2.45) is 0 Å². The van der Waals surface area contributed by atoms with Gasteiger partial charge in [0.05, 0.1) is 6.42 Å². The Morgan fingerprint density at radius 3 is 2.63 bits per heavy atom. The number of hydrogen-bond donors (Lipinski definition) is 1.